The molecule has 8 nitrogen and oxygen atoms in total. The molecule has 0 bridgehead atoms. The summed E-state index contributed by atoms with van der Waals surface area (Å²) in [6.07, 6.45) is 1.95. The number of nitrogens with one attached hydrogen (secondary N) is 1. The lowest BCUT2D eigenvalue weighted by Crippen LogP contribution is -2.61. The number of carbonyl (C=O) groups is 2. The molecule has 1 saturated heterocycles. The van der Waals surface area contributed by atoms with E-state index in [1.165, 1.54) is 21.7 Å². The summed E-state index contributed by atoms with van der Waals surface area (Å²) in [6, 6.07) is 12.2. The number of amides is 2. The van der Waals surface area contributed by atoms with Gasteiger partial charge in [0.05, 0.1) is 4.90 Å². The van der Waals surface area contributed by atoms with Crippen molar-refractivity contribution in [3.05, 3.63) is 59.2 Å². The van der Waals surface area contributed by atoms with E-state index in [0.717, 1.165) is 36.2 Å². The first-order valence-corrected chi connectivity index (χ1v) is 14.0. The molecular formula is C27H36N4O4S. The van der Waals surface area contributed by atoms with Crippen LogP contribution < -0.4 is 10.2 Å². The van der Waals surface area contributed by atoms with Gasteiger partial charge in [0.2, 0.25) is 21.8 Å². The van der Waals surface area contributed by atoms with Crippen LogP contribution in [-0.4, -0.2) is 68.7 Å². The van der Waals surface area contributed by atoms with E-state index in [1.54, 1.807) is 12.1 Å². The maximum atomic E-state index is 13.8. The van der Waals surface area contributed by atoms with E-state index < -0.39 is 22.0 Å². The van der Waals surface area contributed by atoms with Crippen LogP contribution in [0.3, 0.4) is 0 Å². The largest absolute Gasteiger partial charge is 0.374 e. The number of rotatable bonds is 6. The molecule has 9 heteroatoms. The lowest BCUT2D eigenvalue weighted by Gasteiger charge is -2.39. The maximum absolute atomic E-state index is 13.8. The van der Waals surface area contributed by atoms with Crippen molar-refractivity contribution in [2.45, 2.75) is 57.0 Å². The fraction of sp³-hybridized carbons (Fsp3) is 0.481. The fourth-order valence-electron chi connectivity index (χ4n) is 4.91. The second-order valence-corrected chi connectivity index (χ2v) is 11.9. The number of carbonyl (C=O) groups excluding carboxylic acids is 2. The van der Waals surface area contributed by atoms with Gasteiger partial charge in [-0.2, -0.15) is 4.31 Å². The zero-order valence-corrected chi connectivity index (χ0v) is 22.3. The monoisotopic (exact) mass is 512 g/mol. The number of benzene rings is 2. The van der Waals surface area contributed by atoms with Crippen molar-refractivity contribution >= 4 is 27.5 Å². The number of sulfonamides is 1. The molecule has 4 rings (SSSR count). The SMILES string of the molecule is CC(=O)N1CCN(S(=O)(=O)c2ccc3c(c2)N(C)CCC3)[C@@H](C(=O)NCc2ccc(C(C)C)cc2)C1. The molecule has 0 spiro atoms. The summed E-state index contributed by atoms with van der Waals surface area (Å²) in [7, 11) is -1.99. The molecule has 0 unspecified atom stereocenters. The van der Waals surface area contributed by atoms with E-state index in [9.17, 15) is 18.0 Å². The van der Waals surface area contributed by atoms with Gasteiger partial charge in [-0.3, -0.25) is 9.59 Å². The zero-order valence-electron chi connectivity index (χ0n) is 21.5. The summed E-state index contributed by atoms with van der Waals surface area (Å²) in [4.78, 5) is 29.2. The van der Waals surface area contributed by atoms with Crippen LogP contribution in [-0.2, 0) is 32.6 Å². The molecule has 2 heterocycles. The molecule has 2 aliphatic rings. The van der Waals surface area contributed by atoms with Gasteiger partial charge < -0.3 is 15.1 Å². The average molecular weight is 513 g/mol. The second kappa shape index (κ2) is 10.6. The molecule has 2 aliphatic heterocycles. The molecule has 36 heavy (non-hydrogen) atoms. The molecule has 2 amide bonds. The highest BCUT2D eigenvalue weighted by Gasteiger charge is 2.41. The van der Waals surface area contributed by atoms with Crippen LogP contribution in [0.5, 0.6) is 0 Å². The van der Waals surface area contributed by atoms with Crippen LogP contribution in [0.2, 0.25) is 0 Å². The summed E-state index contributed by atoms with van der Waals surface area (Å²) in [6.45, 7) is 7.18. The minimum Gasteiger partial charge on any atom is -0.374 e. The van der Waals surface area contributed by atoms with Crippen molar-refractivity contribution < 1.29 is 18.0 Å². The normalized spacial score (nSPS) is 18.8. The third-order valence-electron chi connectivity index (χ3n) is 7.21. The van der Waals surface area contributed by atoms with Gasteiger partial charge in [0.1, 0.15) is 6.04 Å². The smallest absolute Gasteiger partial charge is 0.244 e. The van der Waals surface area contributed by atoms with E-state index in [0.29, 0.717) is 5.92 Å². The van der Waals surface area contributed by atoms with Crippen molar-refractivity contribution in [1.82, 2.24) is 14.5 Å². The van der Waals surface area contributed by atoms with Crippen molar-refractivity contribution in [2.75, 3.05) is 38.1 Å². The molecule has 1 N–H and O–H groups in total. The van der Waals surface area contributed by atoms with Gasteiger partial charge in [0.15, 0.2) is 0 Å². The molecule has 2 aromatic rings. The lowest BCUT2D eigenvalue weighted by atomic mass is 10.0. The van der Waals surface area contributed by atoms with Crippen molar-refractivity contribution in [3.63, 3.8) is 0 Å². The number of aryl methyl sites for hydroxylation is 1. The first-order chi connectivity index (χ1) is 17.1. The number of fused-ring (bicyclic) bond motifs is 1. The number of hydrogen-bond acceptors (Lipinski definition) is 5. The molecule has 2 aromatic carbocycles. The quantitative estimate of drug-likeness (QED) is 0.643. The predicted octanol–water partition coefficient (Wildman–Crippen LogP) is 2.73. The van der Waals surface area contributed by atoms with Crippen molar-refractivity contribution in [1.29, 1.82) is 0 Å². The lowest BCUT2D eigenvalue weighted by molar-refractivity contribution is -0.134. The first kappa shape index (κ1) is 26.2. The summed E-state index contributed by atoms with van der Waals surface area (Å²) in [5.41, 5.74) is 4.18. The van der Waals surface area contributed by atoms with Crippen LogP contribution >= 0.6 is 0 Å². The average Bonchev–Trinajstić information content (AvgIpc) is 2.87. The molecule has 0 aliphatic carbocycles. The number of nitrogens with zero attached hydrogens (tertiary/aromatic N) is 3. The summed E-state index contributed by atoms with van der Waals surface area (Å²) < 4.78 is 28.8. The summed E-state index contributed by atoms with van der Waals surface area (Å²) in [5.74, 6) is -0.173. The van der Waals surface area contributed by atoms with Gasteiger partial charge >= 0.3 is 0 Å². The van der Waals surface area contributed by atoms with Crippen LogP contribution in [0.1, 0.15) is 49.8 Å². The highest BCUT2D eigenvalue weighted by molar-refractivity contribution is 7.89. The Labute approximate surface area is 214 Å². The van der Waals surface area contributed by atoms with Gasteiger partial charge in [-0.25, -0.2) is 8.42 Å². The molecule has 0 saturated carbocycles. The van der Waals surface area contributed by atoms with Gasteiger partial charge in [0, 0.05) is 52.4 Å². The van der Waals surface area contributed by atoms with E-state index in [-0.39, 0.29) is 37.0 Å². The van der Waals surface area contributed by atoms with E-state index in [2.05, 4.69) is 24.1 Å². The van der Waals surface area contributed by atoms with Crippen molar-refractivity contribution in [2.24, 2.45) is 0 Å². The number of anilines is 1. The fourth-order valence-corrected chi connectivity index (χ4v) is 6.51. The minimum absolute atomic E-state index is 0.0253. The molecule has 194 valence electrons. The summed E-state index contributed by atoms with van der Waals surface area (Å²) in [5, 5.41) is 2.90. The standard InChI is InChI=1S/C27H36N4O4S/c1-19(2)22-9-7-21(8-10-22)17-28-27(33)26-18-30(20(3)32)14-15-31(26)36(34,35)24-12-11-23-6-5-13-29(4)25(23)16-24/h7-12,16,19,26H,5-6,13-15,17-18H2,1-4H3,(H,28,33)/t26-/m1/s1. The summed E-state index contributed by atoms with van der Waals surface area (Å²) >= 11 is 0. The van der Waals surface area contributed by atoms with E-state index in [1.807, 2.05) is 37.4 Å². The van der Waals surface area contributed by atoms with Gasteiger partial charge in [-0.05, 0) is 47.6 Å². The van der Waals surface area contributed by atoms with E-state index in [4.69, 9.17) is 0 Å². The molecule has 0 aromatic heterocycles. The van der Waals surface area contributed by atoms with Gasteiger partial charge in [-0.1, -0.05) is 44.2 Å². The van der Waals surface area contributed by atoms with Crippen LogP contribution in [0.15, 0.2) is 47.4 Å². The maximum Gasteiger partial charge on any atom is 0.244 e. The molecular weight excluding hydrogens is 476 g/mol. The Kier molecular flexibility index (Phi) is 7.70. The molecule has 1 atom stereocenters. The Bertz CT molecular complexity index is 1230. The highest BCUT2D eigenvalue weighted by Crippen LogP contribution is 2.31. The minimum atomic E-state index is -3.95. The molecule has 1 fully saturated rings. The van der Waals surface area contributed by atoms with Crippen LogP contribution in [0.4, 0.5) is 5.69 Å². The Balaban J connectivity index is 1.57. The van der Waals surface area contributed by atoms with Crippen LogP contribution in [0, 0.1) is 0 Å². The third kappa shape index (κ3) is 5.42. The van der Waals surface area contributed by atoms with E-state index >= 15 is 0 Å². The van der Waals surface area contributed by atoms with Crippen LogP contribution in [0.25, 0.3) is 0 Å². The topological polar surface area (TPSA) is 90.0 Å². The number of hydrogen-bond donors (Lipinski definition) is 1. The van der Waals surface area contributed by atoms with Gasteiger partial charge in [-0.15, -0.1) is 0 Å². The first-order valence-electron chi connectivity index (χ1n) is 12.6. The third-order valence-corrected chi connectivity index (χ3v) is 9.11. The second-order valence-electron chi connectivity index (χ2n) is 10.0. The zero-order chi connectivity index (χ0) is 26.0. The Morgan fingerprint density at radius 1 is 1.06 bits per heavy atom. The van der Waals surface area contributed by atoms with Crippen molar-refractivity contribution in [3.8, 4) is 0 Å². The Hall–Kier alpha value is -2.91. The molecule has 0 radical (unpaired) electrons. The number of piperazine rings is 1. The Morgan fingerprint density at radius 3 is 2.44 bits per heavy atom. The predicted molar refractivity (Wildman–Crippen MR) is 140 cm³/mol. The van der Waals surface area contributed by atoms with Gasteiger partial charge in [0.25, 0.3) is 0 Å². The highest BCUT2D eigenvalue weighted by atomic mass is 32.2. The Morgan fingerprint density at radius 2 is 1.78 bits per heavy atom.